The zero-order valence-electron chi connectivity index (χ0n) is 11.6. The maximum Gasteiger partial charge on any atom is 0.106 e. The molecule has 0 saturated heterocycles. The zero-order chi connectivity index (χ0) is 13.7. The third kappa shape index (κ3) is 3.89. The first-order chi connectivity index (χ1) is 8.47. The second-order valence-corrected chi connectivity index (χ2v) is 6.05. The summed E-state index contributed by atoms with van der Waals surface area (Å²) < 4.78 is 0. The molecule has 2 nitrogen and oxygen atoms in total. The van der Waals surface area contributed by atoms with Gasteiger partial charge in [-0.05, 0) is 44.4 Å². The lowest BCUT2D eigenvalue weighted by Gasteiger charge is -2.29. The van der Waals surface area contributed by atoms with Crippen molar-refractivity contribution in [2.45, 2.75) is 26.3 Å². The van der Waals surface area contributed by atoms with Gasteiger partial charge in [-0.3, -0.25) is 0 Å². The standard InChI is InChI=1S/C14H22N2S2/c1-10-5-6-13(12(9-10)14(15)17)16(3)11(2)7-8-18-4/h5-6,9,11H,7-8H2,1-4H3,(H2,15,17). The van der Waals surface area contributed by atoms with Crippen LogP contribution in [0.1, 0.15) is 24.5 Å². The molecule has 0 fully saturated rings. The van der Waals surface area contributed by atoms with E-state index in [2.05, 4.69) is 50.2 Å². The van der Waals surface area contributed by atoms with Gasteiger partial charge < -0.3 is 10.6 Å². The Labute approximate surface area is 120 Å². The van der Waals surface area contributed by atoms with Crippen LogP contribution in [0.3, 0.4) is 0 Å². The molecule has 1 rings (SSSR count). The van der Waals surface area contributed by atoms with E-state index < -0.39 is 0 Å². The van der Waals surface area contributed by atoms with E-state index >= 15 is 0 Å². The minimum absolute atomic E-state index is 0.470. The molecule has 2 N–H and O–H groups in total. The highest BCUT2D eigenvalue weighted by atomic mass is 32.2. The third-order valence-electron chi connectivity index (χ3n) is 3.20. The third-order valence-corrected chi connectivity index (χ3v) is 4.06. The summed E-state index contributed by atoms with van der Waals surface area (Å²) >= 11 is 7.03. The number of rotatable bonds is 6. The monoisotopic (exact) mass is 282 g/mol. The van der Waals surface area contributed by atoms with Gasteiger partial charge in [0.2, 0.25) is 0 Å². The number of anilines is 1. The van der Waals surface area contributed by atoms with Gasteiger partial charge in [-0.2, -0.15) is 11.8 Å². The van der Waals surface area contributed by atoms with Crippen molar-refractivity contribution in [1.82, 2.24) is 0 Å². The first kappa shape index (κ1) is 15.3. The Hall–Kier alpha value is -0.740. The van der Waals surface area contributed by atoms with E-state index in [1.165, 1.54) is 11.3 Å². The summed E-state index contributed by atoms with van der Waals surface area (Å²) in [5.74, 6) is 1.17. The van der Waals surface area contributed by atoms with Crippen molar-refractivity contribution >= 4 is 34.7 Å². The van der Waals surface area contributed by atoms with Crippen LogP contribution in [-0.2, 0) is 0 Å². The summed E-state index contributed by atoms with van der Waals surface area (Å²) in [5, 5.41) is 0. The largest absolute Gasteiger partial charge is 0.389 e. The molecule has 0 aliphatic heterocycles. The van der Waals surface area contributed by atoms with Crippen LogP contribution >= 0.6 is 24.0 Å². The molecule has 0 radical (unpaired) electrons. The Morgan fingerprint density at radius 3 is 2.72 bits per heavy atom. The molecule has 0 saturated carbocycles. The minimum atomic E-state index is 0.470. The van der Waals surface area contributed by atoms with E-state index in [-0.39, 0.29) is 0 Å². The van der Waals surface area contributed by atoms with Gasteiger partial charge in [-0.25, -0.2) is 0 Å². The summed E-state index contributed by atoms with van der Waals surface area (Å²) in [4.78, 5) is 2.74. The quantitative estimate of drug-likeness (QED) is 0.811. The predicted octanol–water partition coefficient (Wildman–Crippen LogP) is 3.21. The van der Waals surface area contributed by atoms with Crippen LogP contribution in [0, 0.1) is 6.92 Å². The Balaban J connectivity index is 2.97. The van der Waals surface area contributed by atoms with Crippen molar-refractivity contribution < 1.29 is 0 Å². The van der Waals surface area contributed by atoms with Gasteiger partial charge in [0, 0.05) is 24.3 Å². The maximum atomic E-state index is 5.82. The predicted molar refractivity (Wildman–Crippen MR) is 87.9 cm³/mol. The molecule has 1 aromatic carbocycles. The fourth-order valence-electron chi connectivity index (χ4n) is 1.87. The number of benzene rings is 1. The average Bonchev–Trinajstić information content (AvgIpc) is 2.34. The Morgan fingerprint density at radius 1 is 1.50 bits per heavy atom. The highest BCUT2D eigenvalue weighted by Crippen LogP contribution is 2.24. The van der Waals surface area contributed by atoms with E-state index in [4.69, 9.17) is 18.0 Å². The van der Waals surface area contributed by atoms with Crippen LogP contribution in [-0.4, -0.2) is 30.1 Å². The molecule has 0 spiro atoms. The van der Waals surface area contributed by atoms with Crippen LogP contribution < -0.4 is 10.6 Å². The van der Waals surface area contributed by atoms with E-state index in [0.717, 1.165) is 17.7 Å². The second-order valence-electron chi connectivity index (χ2n) is 4.63. The lowest BCUT2D eigenvalue weighted by Crippen LogP contribution is -2.31. The summed E-state index contributed by atoms with van der Waals surface area (Å²) in [7, 11) is 2.11. The van der Waals surface area contributed by atoms with Crippen molar-refractivity contribution in [3.05, 3.63) is 29.3 Å². The molecule has 0 aliphatic carbocycles. The zero-order valence-corrected chi connectivity index (χ0v) is 13.2. The Bertz CT molecular complexity index is 418. The summed E-state index contributed by atoms with van der Waals surface area (Å²) in [6.45, 7) is 4.29. The van der Waals surface area contributed by atoms with Crippen molar-refractivity contribution in [3.8, 4) is 0 Å². The number of thiocarbonyl (C=S) groups is 1. The smallest absolute Gasteiger partial charge is 0.106 e. The van der Waals surface area contributed by atoms with Crippen molar-refractivity contribution in [3.63, 3.8) is 0 Å². The number of hydrogen-bond acceptors (Lipinski definition) is 3. The highest BCUT2D eigenvalue weighted by molar-refractivity contribution is 7.98. The molecule has 0 heterocycles. The molecular weight excluding hydrogens is 260 g/mol. The fourth-order valence-corrected chi connectivity index (χ4v) is 2.61. The highest BCUT2D eigenvalue weighted by Gasteiger charge is 2.14. The number of nitrogens with two attached hydrogens (primary N) is 1. The molecular formula is C14H22N2S2. The summed E-state index contributed by atoms with van der Waals surface area (Å²) in [5.41, 5.74) is 9.11. The number of aryl methyl sites for hydroxylation is 1. The van der Waals surface area contributed by atoms with Gasteiger partial charge in [0.1, 0.15) is 4.99 Å². The second kappa shape index (κ2) is 7.00. The van der Waals surface area contributed by atoms with E-state index in [0.29, 0.717) is 11.0 Å². The van der Waals surface area contributed by atoms with Gasteiger partial charge in [0.15, 0.2) is 0 Å². The Kier molecular flexibility index (Phi) is 5.96. The van der Waals surface area contributed by atoms with Crippen LogP contribution in [0.4, 0.5) is 5.69 Å². The molecule has 1 aromatic rings. The molecule has 0 aromatic heterocycles. The normalized spacial score (nSPS) is 12.2. The van der Waals surface area contributed by atoms with Crippen molar-refractivity contribution in [1.29, 1.82) is 0 Å². The number of hydrogen-bond donors (Lipinski definition) is 1. The SMILES string of the molecule is CSCCC(C)N(C)c1ccc(C)cc1C(N)=S. The van der Waals surface area contributed by atoms with Gasteiger partial charge in [0.25, 0.3) is 0 Å². The number of nitrogens with zero attached hydrogens (tertiary/aromatic N) is 1. The van der Waals surface area contributed by atoms with Crippen molar-refractivity contribution in [2.75, 3.05) is 24.0 Å². The van der Waals surface area contributed by atoms with Gasteiger partial charge in [-0.1, -0.05) is 23.8 Å². The molecule has 1 atom stereocenters. The molecule has 18 heavy (non-hydrogen) atoms. The first-order valence-corrected chi connectivity index (χ1v) is 7.89. The van der Waals surface area contributed by atoms with Gasteiger partial charge >= 0.3 is 0 Å². The van der Waals surface area contributed by atoms with Crippen molar-refractivity contribution in [2.24, 2.45) is 5.73 Å². The summed E-state index contributed by atoms with van der Waals surface area (Å²) in [6, 6.07) is 6.76. The van der Waals surface area contributed by atoms with E-state index in [1.807, 2.05) is 11.8 Å². The lowest BCUT2D eigenvalue weighted by molar-refractivity contribution is 0.669. The number of thioether (sulfide) groups is 1. The van der Waals surface area contributed by atoms with E-state index in [9.17, 15) is 0 Å². The molecule has 0 bridgehead atoms. The van der Waals surface area contributed by atoms with Crippen LogP contribution in [0.2, 0.25) is 0 Å². The van der Waals surface area contributed by atoms with E-state index in [1.54, 1.807) is 0 Å². The topological polar surface area (TPSA) is 29.3 Å². The molecule has 0 amide bonds. The molecule has 100 valence electrons. The molecule has 1 unspecified atom stereocenters. The average molecular weight is 282 g/mol. The maximum absolute atomic E-state index is 5.82. The van der Waals surface area contributed by atoms with Crippen LogP contribution in [0.5, 0.6) is 0 Å². The summed E-state index contributed by atoms with van der Waals surface area (Å²) in [6.07, 6.45) is 3.29. The minimum Gasteiger partial charge on any atom is -0.389 e. The van der Waals surface area contributed by atoms with Gasteiger partial charge in [-0.15, -0.1) is 0 Å². The molecule has 4 heteroatoms. The van der Waals surface area contributed by atoms with Crippen LogP contribution in [0.15, 0.2) is 18.2 Å². The molecule has 0 aliphatic rings. The first-order valence-electron chi connectivity index (χ1n) is 6.09. The Morgan fingerprint density at radius 2 is 2.17 bits per heavy atom. The fraction of sp³-hybridized carbons (Fsp3) is 0.500. The van der Waals surface area contributed by atoms with Gasteiger partial charge in [0.05, 0.1) is 0 Å². The van der Waals surface area contributed by atoms with Crippen LogP contribution in [0.25, 0.3) is 0 Å². The lowest BCUT2D eigenvalue weighted by atomic mass is 10.1.